The lowest BCUT2D eigenvalue weighted by molar-refractivity contribution is -0.112. The van der Waals surface area contributed by atoms with Crippen molar-refractivity contribution in [3.63, 3.8) is 0 Å². The van der Waals surface area contributed by atoms with Crippen molar-refractivity contribution in [1.82, 2.24) is 0 Å². The number of nitrogens with one attached hydrogen (secondary N) is 2. The Morgan fingerprint density at radius 2 is 1.67 bits per heavy atom. The fourth-order valence-corrected chi connectivity index (χ4v) is 2.35. The summed E-state index contributed by atoms with van der Waals surface area (Å²) in [6.07, 6.45) is 1.34. The molecule has 0 aliphatic heterocycles. The minimum atomic E-state index is -0.552. The number of hydrogen-bond donors (Lipinski definition) is 2. The molecule has 0 saturated heterocycles. The number of methoxy groups -OCH3 is 3. The molecule has 0 unspecified atom stereocenters. The van der Waals surface area contributed by atoms with Crippen LogP contribution in [0.2, 0.25) is 0 Å². The van der Waals surface area contributed by atoms with Crippen LogP contribution in [0.5, 0.6) is 17.2 Å². The number of aryl methyl sites for hydroxylation is 1. The fourth-order valence-electron chi connectivity index (χ4n) is 2.35. The summed E-state index contributed by atoms with van der Waals surface area (Å²) in [4.78, 5) is 12.4. The van der Waals surface area contributed by atoms with Crippen molar-refractivity contribution in [2.24, 2.45) is 0 Å². The minimum absolute atomic E-state index is 0.0895. The molecule has 140 valence electrons. The van der Waals surface area contributed by atoms with Gasteiger partial charge in [0.2, 0.25) is 0 Å². The van der Waals surface area contributed by atoms with Crippen molar-refractivity contribution < 1.29 is 19.0 Å². The van der Waals surface area contributed by atoms with Gasteiger partial charge in [-0.1, -0.05) is 6.07 Å². The predicted octanol–water partition coefficient (Wildman–Crippen LogP) is 3.48. The molecule has 7 heteroatoms. The van der Waals surface area contributed by atoms with Gasteiger partial charge in [0.15, 0.2) is 11.5 Å². The first kappa shape index (κ1) is 19.7. The van der Waals surface area contributed by atoms with Crippen LogP contribution < -0.4 is 24.8 Å². The first-order valence-corrected chi connectivity index (χ1v) is 8.07. The number of nitriles is 1. The normalized spacial score (nSPS) is 10.6. The maximum absolute atomic E-state index is 12.4. The van der Waals surface area contributed by atoms with Crippen LogP contribution in [0.1, 0.15) is 5.56 Å². The Balaban J connectivity index is 2.18. The number of amides is 1. The fraction of sp³-hybridized carbons (Fsp3) is 0.200. The largest absolute Gasteiger partial charge is 0.495 e. The molecule has 27 heavy (non-hydrogen) atoms. The van der Waals surface area contributed by atoms with Crippen LogP contribution in [0, 0.1) is 18.3 Å². The second-order valence-corrected chi connectivity index (χ2v) is 5.54. The third kappa shape index (κ3) is 4.92. The Kier molecular flexibility index (Phi) is 6.67. The van der Waals surface area contributed by atoms with Gasteiger partial charge in [0, 0.05) is 18.0 Å². The Morgan fingerprint density at radius 1 is 1.00 bits per heavy atom. The van der Waals surface area contributed by atoms with Crippen LogP contribution in [0.25, 0.3) is 0 Å². The number of carbonyl (C=O) groups is 1. The molecule has 0 aromatic heterocycles. The molecular weight excluding hydrogens is 346 g/mol. The van der Waals surface area contributed by atoms with Gasteiger partial charge in [-0.25, -0.2) is 0 Å². The zero-order chi connectivity index (χ0) is 19.8. The molecule has 0 aliphatic carbocycles. The van der Waals surface area contributed by atoms with E-state index < -0.39 is 5.91 Å². The van der Waals surface area contributed by atoms with Crippen LogP contribution in [-0.2, 0) is 4.79 Å². The van der Waals surface area contributed by atoms with E-state index in [1.807, 2.05) is 25.1 Å². The SMILES string of the molecule is COc1ccc(C)cc1N/C=C(/C#N)C(=O)Nc1ccc(OC)c(OC)c1. The van der Waals surface area contributed by atoms with Crippen molar-refractivity contribution in [3.8, 4) is 23.3 Å². The van der Waals surface area contributed by atoms with Gasteiger partial charge in [0.1, 0.15) is 17.4 Å². The van der Waals surface area contributed by atoms with Gasteiger partial charge in [0.05, 0.1) is 27.0 Å². The Morgan fingerprint density at radius 3 is 2.30 bits per heavy atom. The molecule has 0 spiro atoms. The molecule has 0 bridgehead atoms. The van der Waals surface area contributed by atoms with E-state index in [0.717, 1.165) is 5.56 Å². The second-order valence-electron chi connectivity index (χ2n) is 5.54. The van der Waals surface area contributed by atoms with Crippen molar-refractivity contribution in [2.75, 3.05) is 32.0 Å². The number of nitrogens with zero attached hydrogens (tertiary/aromatic N) is 1. The third-order valence-corrected chi connectivity index (χ3v) is 3.73. The smallest absolute Gasteiger partial charge is 0.267 e. The zero-order valence-corrected chi connectivity index (χ0v) is 15.6. The van der Waals surface area contributed by atoms with E-state index in [1.54, 1.807) is 31.4 Å². The van der Waals surface area contributed by atoms with E-state index in [-0.39, 0.29) is 5.57 Å². The van der Waals surface area contributed by atoms with Crippen molar-refractivity contribution in [2.45, 2.75) is 6.92 Å². The molecule has 0 fully saturated rings. The van der Waals surface area contributed by atoms with Crippen LogP contribution in [-0.4, -0.2) is 27.2 Å². The molecule has 7 nitrogen and oxygen atoms in total. The number of ether oxygens (including phenoxy) is 3. The van der Waals surface area contributed by atoms with E-state index in [2.05, 4.69) is 10.6 Å². The van der Waals surface area contributed by atoms with Gasteiger partial charge in [-0.3, -0.25) is 4.79 Å². The summed E-state index contributed by atoms with van der Waals surface area (Å²) in [7, 11) is 4.58. The lowest BCUT2D eigenvalue weighted by Crippen LogP contribution is -2.14. The van der Waals surface area contributed by atoms with E-state index in [1.165, 1.54) is 20.4 Å². The van der Waals surface area contributed by atoms with Crippen LogP contribution in [0.4, 0.5) is 11.4 Å². The molecule has 2 aromatic rings. The quantitative estimate of drug-likeness (QED) is 0.575. The van der Waals surface area contributed by atoms with Gasteiger partial charge < -0.3 is 24.8 Å². The molecule has 2 rings (SSSR count). The van der Waals surface area contributed by atoms with Gasteiger partial charge in [-0.05, 0) is 36.8 Å². The lowest BCUT2D eigenvalue weighted by atomic mass is 10.2. The number of rotatable bonds is 7. The highest BCUT2D eigenvalue weighted by Gasteiger charge is 2.12. The molecule has 2 aromatic carbocycles. The monoisotopic (exact) mass is 367 g/mol. The maximum atomic E-state index is 12.4. The molecule has 1 amide bonds. The van der Waals surface area contributed by atoms with E-state index in [9.17, 15) is 10.1 Å². The Hall–Kier alpha value is -3.66. The van der Waals surface area contributed by atoms with E-state index in [4.69, 9.17) is 14.2 Å². The Labute approximate surface area is 158 Å². The summed E-state index contributed by atoms with van der Waals surface area (Å²) >= 11 is 0. The number of carbonyl (C=O) groups excluding carboxylic acids is 1. The first-order valence-electron chi connectivity index (χ1n) is 8.07. The zero-order valence-electron chi connectivity index (χ0n) is 15.6. The Bertz CT molecular complexity index is 901. The maximum Gasteiger partial charge on any atom is 0.267 e. The van der Waals surface area contributed by atoms with Gasteiger partial charge in [-0.2, -0.15) is 5.26 Å². The average molecular weight is 367 g/mol. The van der Waals surface area contributed by atoms with Crippen molar-refractivity contribution in [1.29, 1.82) is 5.26 Å². The second kappa shape index (κ2) is 9.15. The number of benzene rings is 2. The van der Waals surface area contributed by atoms with Gasteiger partial charge in [-0.15, -0.1) is 0 Å². The molecule has 0 radical (unpaired) electrons. The average Bonchev–Trinajstić information content (AvgIpc) is 2.68. The standard InChI is InChI=1S/C20H21N3O4/c1-13-5-7-17(25-2)16(9-13)22-12-14(11-21)20(24)23-15-6-8-18(26-3)19(10-15)27-4/h5-10,12,22H,1-4H3,(H,23,24)/b14-12-. The lowest BCUT2D eigenvalue weighted by Gasteiger charge is -2.11. The summed E-state index contributed by atoms with van der Waals surface area (Å²) < 4.78 is 15.6. The molecule has 0 heterocycles. The van der Waals surface area contributed by atoms with E-state index >= 15 is 0 Å². The highest BCUT2D eigenvalue weighted by molar-refractivity contribution is 6.06. The molecular formula is C20H21N3O4. The molecule has 2 N–H and O–H groups in total. The summed E-state index contributed by atoms with van der Waals surface area (Å²) in [5.74, 6) is 1.07. The first-order chi connectivity index (χ1) is 13.0. The molecule has 0 saturated carbocycles. The van der Waals surface area contributed by atoms with Crippen molar-refractivity contribution in [3.05, 3.63) is 53.7 Å². The topological polar surface area (TPSA) is 92.6 Å². The molecule has 0 atom stereocenters. The predicted molar refractivity (Wildman–Crippen MR) is 103 cm³/mol. The van der Waals surface area contributed by atoms with Crippen LogP contribution in [0.3, 0.4) is 0 Å². The van der Waals surface area contributed by atoms with Crippen LogP contribution >= 0.6 is 0 Å². The summed E-state index contributed by atoms with van der Waals surface area (Å²) in [5.41, 5.74) is 2.06. The van der Waals surface area contributed by atoms with Gasteiger partial charge in [0.25, 0.3) is 5.91 Å². The third-order valence-electron chi connectivity index (χ3n) is 3.73. The highest BCUT2D eigenvalue weighted by Crippen LogP contribution is 2.30. The molecule has 0 aliphatic rings. The number of hydrogen-bond acceptors (Lipinski definition) is 6. The van der Waals surface area contributed by atoms with E-state index in [0.29, 0.717) is 28.6 Å². The number of anilines is 2. The summed E-state index contributed by atoms with van der Waals surface area (Å²) in [5, 5.41) is 14.9. The van der Waals surface area contributed by atoms with Crippen LogP contribution in [0.15, 0.2) is 48.2 Å². The van der Waals surface area contributed by atoms with Gasteiger partial charge >= 0.3 is 0 Å². The highest BCUT2D eigenvalue weighted by atomic mass is 16.5. The van der Waals surface area contributed by atoms with Crippen molar-refractivity contribution >= 4 is 17.3 Å². The minimum Gasteiger partial charge on any atom is -0.495 e. The summed E-state index contributed by atoms with van der Waals surface area (Å²) in [6.45, 7) is 1.93. The summed E-state index contributed by atoms with van der Waals surface area (Å²) in [6, 6.07) is 12.4.